The van der Waals surface area contributed by atoms with E-state index < -0.39 is 0 Å². The van der Waals surface area contributed by atoms with Crippen molar-refractivity contribution in [3.8, 4) is 0 Å². The molecule has 1 fully saturated rings. The monoisotopic (exact) mass is 330 g/mol. The lowest BCUT2D eigenvalue weighted by molar-refractivity contribution is 0.218. The highest BCUT2D eigenvalue weighted by Crippen LogP contribution is 2.39. The summed E-state index contributed by atoms with van der Waals surface area (Å²) in [5.41, 5.74) is 2.13. The van der Waals surface area contributed by atoms with Crippen LogP contribution in [0.4, 0.5) is 0 Å². The zero-order valence-electron chi connectivity index (χ0n) is 13.4. The lowest BCUT2D eigenvalue weighted by Crippen LogP contribution is -2.33. The van der Waals surface area contributed by atoms with E-state index in [2.05, 4.69) is 51.9 Å². The molecule has 1 aliphatic rings. The van der Waals surface area contributed by atoms with Gasteiger partial charge in [0.25, 0.3) is 0 Å². The van der Waals surface area contributed by atoms with E-state index in [9.17, 15) is 5.11 Å². The molecule has 0 aliphatic carbocycles. The second-order valence-electron chi connectivity index (χ2n) is 5.98. The number of aliphatic hydroxyl groups is 1. The van der Waals surface area contributed by atoms with Crippen molar-refractivity contribution in [2.75, 3.05) is 13.2 Å². The summed E-state index contributed by atoms with van der Waals surface area (Å²) in [5.74, 6) is 0. The fourth-order valence-electron chi connectivity index (χ4n) is 3.20. The highest BCUT2D eigenvalue weighted by molar-refractivity contribution is 7.80. The van der Waals surface area contributed by atoms with E-state index in [0.29, 0.717) is 17.7 Å². The molecule has 2 N–H and O–H groups in total. The highest BCUT2D eigenvalue weighted by Gasteiger charge is 2.40. The number of β-amino-alcohol motifs (C(OH)–C–C–N with tert-alkyl or cyclic N) is 1. The number of nitrogens with one attached hydrogen (secondary N) is 1. The van der Waals surface area contributed by atoms with Gasteiger partial charge in [-0.05, 0) is 50.3 Å². The number of nitrogens with zero attached hydrogens (tertiary/aromatic N) is 3. The Morgan fingerprint density at radius 3 is 2.78 bits per heavy atom. The first-order chi connectivity index (χ1) is 11.1. The first kappa shape index (κ1) is 16.0. The van der Waals surface area contributed by atoms with Gasteiger partial charge in [-0.2, -0.15) is 0 Å². The number of aliphatic hydroxyl groups excluding tert-OH is 1. The van der Waals surface area contributed by atoms with Crippen LogP contribution in [0, 0.1) is 0 Å². The summed E-state index contributed by atoms with van der Waals surface area (Å²) >= 11 is 5.51. The molecule has 1 saturated heterocycles. The zero-order chi connectivity index (χ0) is 16.4. The molecule has 23 heavy (non-hydrogen) atoms. The third-order valence-electron chi connectivity index (χ3n) is 4.21. The lowest BCUT2D eigenvalue weighted by atomic mass is 10.0. The maximum absolute atomic E-state index is 9.44. The minimum Gasteiger partial charge on any atom is -0.395 e. The van der Waals surface area contributed by atoms with E-state index in [1.54, 1.807) is 6.20 Å². The van der Waals surface area contributed by atoms with E-state index in [-0.39, 0.29) is 18.7 Å². The maximum Gasteiger partial charge on any atom is 0.170 e. The Hall–Kier alpha value is -1.92. The van der Waals surface area contributed by atoms with Crippen LogP contribution in [0.5, 0.6) is 0 Å². The lowest BCUT2D eigenvalue weighted by Gasteiger charge is -2.29. The van der Waals surface area contributed by atoms with E-state index in [0.717, 1.165) is 5.69 Å². The van der Waals surface area contributed by atoms with Gasteiger partial charge in [0.05, 0.1) is 24.4 Å². The molecule has 3 rings (SSSR count). The second-order valence-corrected chi connectivity index (χ2v) is 6.36. The van der Waals surface area contributed by atoms with Crippen molar-refractivity contribution in [3.63, 3.8) is 0 Å². The van der Waals surface area contributed by atoms with E-state index in [4.69, 9.17) is 12.2 Å². The Balaban J connectivity index is 2.05. The van der Waals surface area contributed by atoms with Crippen molar-refractivity contribution < 1.29 is 5.11 Å². The van der Waals surface area contributed by atoms with Gasteiger partial charge in [0.15, 0.2) is 5.11 Å². The van der Waals surface area contributed by atoms with Gasteiger partial charge < -0.3 is 19.9 Å². The highest BCUT2D eigenvalue weighted by atomic mass is 32.1. The molecule has 0 bridgehead atoms. The Morgan fingerprint density at radius 2 is 2.13 bits per heavy atom. The third-order valence-corrected chi connectivity index (χ3v) is 4.56. The molecule has 5 nitrogen and oxygen atoms in total. The van der Waals surface area contributed by atoms with Gasteiger partial charge >= 0.3 is 0 Å². The minimum absolute atomic E-state index is 0.0157. The molecule has 122 valence electrons. The minimum atomic E-state index is -0.0253. The molecule has 0 spiro atoms. The fraction of sp³-hybridized carbons (Fsp3) is 0.412. The molecular weight excluding hydrogens is 308 g/mol. The van der Waals surface area contributed by atoms with Gasteiger partial charge in [-0.15, -0.1) is 0 Å². The third kappa shape index (κ3) is 2.96. The van der Waals surface area contributed by atoms with Crippen LogP contribution < -0.4 is 5.32 Å². The number of hydrogen-bond acceptors (Lipinski definition) is 3. The van der Waals surface area contributed by atoms with Crippen LogP contribution in [0.3, 0.4) is 0 Å². The number of thiocarbonyl (C=S) groups is 1. The van der Waals surface area contributed by atoms with Crippen LogP contribution in [0.15, 0.2) is 42.7 Å². The molecule has 6 heteroatoms. The summed E-state index contributed by atoms with van der Waals surface area (Å²) in [6.45, 7) is 4.89. The largest absolute Gasteiger partial charge is 0.395 e. The van der Waals surface area contributed by atoms with Gasteiger partial charge in [-0.3, -0.25) is 4.98 Å². The van der Waals surface area contributed by atoms with Crippen LogP contribution in [0.25, 0.3) is 0 Å². The smallest absolute Gasteiger partial charge is 0.170 e. The van der Waals surface area contributed by atoms with Crippen LogP contribution >= 0.6 is 12.2 Å². The van der Waals surface area contributed by atoms with Gasteiger partial charge in [0, 0.05) is 30.7 Å². The molecule has 0 amide bonds. The summed E-state index contributed by atoms with van der Waals surface area (Å²) in [7, 11) is 0. The summed E-state index contributed by atoms with van der Waals surface area (Å²) in [5, 5.41) is 13.5. The quantitative estimate of drug-likeness (QED) is 0.825. The maximum atomic E-state index is 9.44. The molecule has 3 heterocycles. The van der Waals surface area contributed by atoms with Crippen LogP contribution in [0.1, 0.15) is 43.4 Å². The SMILES string of the molecule is CC(C)n1cccc1[C@H]1[C@H](c2ccccn2)NC(=S)N1CCO. The van der Waals surface area contributed by atoms with Gasteiger partial charge in [-0.1, -0.05) is 6.07 Å². The predicted molar refractivity (Wildman–Crippen MR) is 94.1 cm³/mol. The van der Waals surface area contributed by atoms with E-state index in [1.165, 1.54) is 5.69 Å². The van der Waals surface area contributed by atoms with E-state index in [1.807, 2.05) is 18.2 Å². The molecule has 0 radical (unpaired) electrons. The van der Waals surface area contributed by atoms with Gasteiger partial charge in [0.2, 0.25) is 0 Å². The summed E-state index contributed by atoms with van der Waals surface area (Å²) in [4.78, 5) is 6.56. The van der Waals surface area contributed by atoms with E-state index >= 15 is 0 Å². The average Bonchev–Trinajstić information content (AvgIpc) is 3.14. The second kappa shape index (κ2) is 6.68. The Kier molecular flexibility index (Phi) is 4.63. The Labute approximate surface area is 142 Å². The predicted octanol–water partition coefficient (Wildman–Crippen LogP) is 2.43. The Bertz CT molecular complexity index is 670. The summed E-state index contributed by atoms with van der Waals surface area (Å²) in [6, 6.07) is 10.4. The first-order valence-electron chi connectivity index (χ1n) is 7.89. The molecule has 2 aromatic heterocycles. The summed E-state index contributed by atoms with van der Waals surface area (Å²) < 4.78 is 2.25. The topological polar surface area (TPSA) is 53.3 Å². The zero-order valence-corrected chi connectivity index (χ0v) is 14.2. The molecule has 2 atom stereocenters. The van der Waals surface area contributed by atoms with Crippen LogP contribution in [0.2, 0.25) is 0 Å². The number of hydrogen-bond donors (Lipinski definition) is 2. The standard InChI is InChI=1S/C17H22N4OS/c1-12(2)20-9-5-7-14(20)16-15(13-6-3-4-8-18-13)19-17(23)21(16)10-11-22/h3-9,12,15-16,22H,10-11H2,1-2H3,(H,19,23)/t15-,16-/m0/s1. The van der Waals surface area contributed by atoms with Crippen LogP contribution in [-0.2, 0) is 0 Å². The normalized spacial score (nSPS) is 21.0. The van der Waals surface area contributed by atoms with Crippen molar-refractivity contribution in [2.24, 2.45) is 0 Å². The number of rotatable bonds is 5. The molecule has 0 saturated carbocycles. The van der Waals surface area contributed by atoms with Crippen LogP contribution in [-0.4, -0.2) is 37.8 Å². The molecule has 0 aromatic carbocycles. The fourth-order valence-corrected chi connectivity index (χ4v) is 3.54. The Morgan fingerprint density at radius 1 is 1.30 bits per heavy atom. The van der Waals surface area contributed by atoms with Gasteiger partial charge in [-0.25, -0.2) is 0 Å². The molecule has 1 aliphatic heterocycles. The average molecular weight is 330 g/mol. The van der Waals surface area contributed by atoms with Crippen molar-refractivity contribution in [1.82, 2.24) is 19.8 Å². The van der Waals surface area contributed by atoms with Crippen molar-refractivity contribution in [3.05, 3.63) is 54.1 Å². The molecule has 2 aromatic rings. The number of aromatic nitrogens is 2. The van der Waals surface area contributed by atoms with Crippen molar-refractivity contribution >= 4 is 17.3 Å². The molecule has 0 unspecified atom stereocenters. The van der Waals surface area contributed by atoms with Crippen molar-refractivity contribution in [2.45, 2.75) is 32.0 Å². The summed E-state index contributed by atoms with van der Waals surface area (Å²) in [6.07, 6.45) is 3.89. The van der Waals surface area contributed by atoms with Gasteiger partial charge in [0.1, 0.15) is 0 Å². The number of pyridine rings is 1. The first-order valence-corrected chi connectivity index (χ1v) is 8.30. The molecular formula is C17H22N4OS. The van der Waals surface area contributed by atoms with Crippen molar-refractivity contribution in [1.29, 1.82) is 0 Å².